The van der Waals surface area contributed by atoms with Crippen LogP contribution in [0.25, 0.3) is 0 Å². The van der Waals surface area contributed by atoms with Gasteiger partial charge in [-0.15, -0.1) is 0 Å². The van der Waals surface area contributed by atoms with Gasteiger partial charge in [-0.05, 0) is 30.0 Å². The van der Waals surface area contributed by atoms with Gasteiger partial charge in [-0.3, -0.25) is 4.79 Å². The summed E-state index contributed by atoms with van der Waals surface area (Å²) in [4.78, 5) is 11.5. The second-order valence-corrected chi connectivity index (χ2v) is 8.74. The molecular formula is C21H26N2O5S. The topological polar surface area (TPSA) is 84.9 Å². The average Bonchev–Trinajstić information content (AvgIpc) is 3.29. The number of nitrogens with one attached hydrogen (secondary N) is 1. The molecule has 0 aliphatic carbocycles. The Morgan fingerprint density at radius 2 is 1.83 bits per heavy atom. The van der Waals surface area contributed by atoms with Crippen molar-refractivity contribution in [1.82, 2.24) is 9.62 Å². The van der Waals surface area contributed by atoms with E-state index in [0.717, 1.165) is 18.4 Å². The van der Waals surface area contributed by atoms with Crippen molar-refractivity contribution in [3.8, 4) is 5.75 Å². The quantitative estimate of drug-likeness (QED) is 0.629. The normalized spacial score (nSPS) is 14.7. The molecule has 0 aromatic heterocycles. The number of hydrogen-bond acceptors (Lipinski definition) is 6. The van der Waals surface area contributed by atoms with Crippen LogP contribution in [0.4, 0.5) is 0 Å². The van der Waals surface area contributed by atoms with Gasteiger partial charge in [0.15, 0.2) is 0 Å². The van der Waals surface area contributed by atoms with Crippen LogP contribution < -0.4 is 10.1 Å². The molecule has 1 aliphatic rings. The van der Waals surface area contributed by atoms with E-state index in [1.165, 1.54) is 11.4 Å². The second kappa shape index (κ2) is 9.87. The monoisotopic (exact) mass is 418 g/mol. The minimum absolute atomic E-state index is 0.00591. The number of hydrogen-bond donors (Lipinski definition) is 1. The summed E-state index contributed by atoms with van der Waals surface area (Å²) in [6, 6.07) is 14.7. The summed E-state index contributed by atoms with van der Waals surface area (Å²) in [5.74, 6) is 0.0834. The van der Waals surface area contributed by atoms with Gasteiger partial charge >= 0.3 is 5.97 Å². The average molecular weight is 419 g/mol. The van der Waals surface area contributed by atoms with Gasteiger partial charge in [0.25, 0.3) is 0 Å². The van der Waals surface area contributed by atoms with E-state index in [9.17, 15) is 13.2 Å². The minimum Gasteiger partial charge on any atom is -0.489 e. The molecule has 1 aliphatic heterocycles. The van der Waals surface area contributed by atoms with Gasteiger partial charge in [0, 0.05) is 25.7 Å². The van der Waals surface area contributed by atoms with E-state index in [0.29, 0.717) is 31.0 Å². The molecule has 2 aromatic rings. The van der Waals surface area contributed by atoms with E-state index in [-0.39, 0.29) is 18.0 Å². The summed E-state index contributed by atoms with van der Waals surface area (Å²) < 4.78 is 38.3. The summed E-state index contributed by atoms with van der Waals surface area (Å²) in [7, 11) is -2.32. The van der Waals surface area contributed by atoms with Crippen molar-refractivity contribution >= 4 is 16.0 Å². The predicted molar refractivity (Wildman–Crippen MR) is 109 cm³/mol. The van der Waals surface area contributed by atoms with E-state index in [4.69, 9.17) is 4.74 Å². The maximum atomic E-state index is 13.2. The number of nitrogens with zero attached hydrogens (tertiary/aromatic N) is 1. The number of carbonyl (C=O) groups excluding carboxylic acids is 1. The van der Waals surface area contributed by atoms with Gasteiger partial charge in [0.05, 0.1) is 18.6 Å². The first-order chi connectivity index (χ1) is 14.0. The van der Waals surface area contributed by atoms with E-state index >= 15 is 0 Å². The van der Waals surface area contributed by atoms with E-state index in [1.54, 1.807) is 18.2 Å². The molecule has 0 radical (unpaired) electrons. The maximum Gasteiger partial charge on any atom is 0.319 e. The SMILES string of the molecule is COC(=O)CNCc1ccc(OCc2ccccc2)cc1S(=O)(=O)N1CCCC1. The smallest absolute Gasteiger partial charge is 0.319 e. The van der Waals surface area contributed by atoms with Crippen LogP contribution in [-0.2, 0) is 32.7 Å². The van der Waals surface area contributed by atoms with Crippen molar-refractivity contribution in [2.45, 2.75) is 30.9 Å². The minimum atomic E-state index is -3.63. The van der Waals surface area contributed by atoms with E-state index in [1.807, 2.05) is 30.3 Å². The number of benzene rings is 2. The van der Waals surface area contributed by atoms with Crippen LogP contribution in [0.15, 0.2) is 53.4 Å². The largest absolute Gasteiger partial charge is 0.489 e. The van der Waals surface area contributed by atoms with Gasteiger partial charge in [-0.1, -0.05) is 36.4 Å². The number of esters is 1. The molecule has 156 valence electrons. The first-order valence-corrected chi connectivity index (χ1v) is 11.0. The lowest BCUT2D eigenvalue weighted by Crippen LogP contribution is -2.30. The fourth-order valence-corrected chi connectivity index (χ4v) is 4.94. The fourth-order valence-electron chi connectivity index (χ4n) is 3.19. The summed E-state index contributed by atoms with van der Waals surface area (Å²) in [5, 5.41) is 2.93. The Kier molecular flexibility index (Phi) is 7.24. The number of carbonyl (C=O) groups is 1. The molecule has 0 unspecified atom stereocenters. The zero-order chi connectivity index (χ0) is 20.7. The third-order valence-electron chi connectivity index (χ3n) is 4.78. The number of methoxy groups -OCH3 is 1. The molecule has 1 saturated heterocycles. The van der Waals surface area contributed by atoms with Crippen molar-refractivity contribution in [2.75, 3.05) is 26.7 Å². The molecule has 3 rings (SSSR count). The Bertz CT molecular complexity index is 925. The highest BCUT2D eigenvalue weighted by molar-refractivity contribution is 7.89. The second-order valence-electron chi connectivity index (χ2n) is 6.83. The van der Waals surface area contributed by atoms with Gasteiger partial charge in [0.2, 0.25) is 10.0 Å². The third-order valence-corrected chi connectivity index (χ3v) is 6.76. The molecule has 29 heavy (non-hydrogen) atoms. The molecule has 0 saturated carbocycles. The molecule has 0 amide bonds. The van der Waals surface area contributed by atoms with E-state index in [2.05, 4.69) is 10.1 Å². The van der Waals surface area contributed by atoms with Gasteiger partial charge in [0.1, 0.15) is 12.4 Å². The number of sulfonamides is 1. The molecule has 7 nitrogen and oxygen atoms in total. The van der Waals surface area contributed by atoms with Crippen LogP contribution in [0.1, 0.15) is 24.0 Å². The molecule has 0 spiro atoms. The van der Waals surface area contributed by atoms with Crippen LogP contribution in [0.3, 0.4) is 0 Å². The lowest BCUT2D eigenvalue weighted by Gasteiger charge is -2.19. The van der Waals surface area contributed by atoms with Gasteiger partial charge in [-0.2, -0.15) is 4.31 Å². The van der Waals surface area contributed by atoms with E-state index < -0.39 is 16.0 Å². The Labute approximate surface area is 171 Å². The van der Waals surface area contributed by atoms with Crippen LogP contribution in [0.2, 0.25) is 0 Å². The lowest BCUT2D eigenvalue weighted by molar-refractivity contribution is -0.139. The van der Waals surface area contributed by atoms with Gasteiger partial charge < -0.3 is 14.8 Å². The third kappa shape index (κ3) is 5.56. The predicted octanol–water partition coefficient (Wildman–Crippen LogP) is 2.31. The summed E-state index contributed by atoms with van der Waals surface area (Å²) in [6.07, 6.45) is 1.72. The molecule has 1 fully saturated rings. The van der Waals surface area contributed by atoms with Crippen LogP contribution in [-0.4, -0.2) is 45.4 Å². The standard InChI is InChI=1S/C21H26N2O5S/c1-27-21(24)15-22-14-18-9-10-19(28-16-17-7-3-2-4-8-17)13-20(18)29(25,26)23-11-5-6-12-23/h2-4,7-10,13,22H,5-6,11-12,14-16H2,1H3. The molecule has 8 heteroatoms. The van der Waals surface area contributed by atoms with Crippen molar-refractivity contribution in [1.29, 1.82) is 0 Å². The van der Waals surface area contributed by atoms with Gasteiger partial charge in [-0.25, -0.2) is 8.42 Å². The van der Waals surface area contributed by atoms with Crippen LogP contribution in [0.5, 0.6) is 5.75 Å². The molecule has 0 bridgehead atoms. The summed E-state index contributed by atoms with van der Waals surface area (Å²) in [5.41, 5.74) is 1.59. The molecule has 0 atom stereocenters. The zero-order valence-corrected chi connectivity index (χ0v) is 17.3. The Hall–Kier alpha value is -2.42. The number of rotatable bonds is 9. The lowest BCUT2D eigenvalue weighted by atomic mass is 10.2. The van der Waals surface area contributed by atoms with Crippen LogP contribution in [0, 0.1) is 0 Å². The molecule has 1 N–H and O–H groups in total. The highest BCUT2D eigenvalue weighted by atomic mass is 32.2. The Morgan fingerprint density at radius 3 is 2.52 bits per heavy atom. The highest BCUT2D eigenvalue weighted by Crippen LogP contribution is 2.28. The number of ether oxygens (including phenoxy) is 2. The zero-order valence-electron chi connectivity index (χ0n) is 16.5. The first kappa shape index (κ1) is 21.3. The molecule has 2 aromatic carbocycles. The first-order valence-electron chi connectivity index (χ1n) is 9.58. The van der Waals surface area contributed by atoms with Crippen molar-refractivity contribution in [3.05, 3.63) is 59.7 Å². The summed E-state index contributed by atoms with van der Waals surface area (Å²) >= 11 is 0. The van der Waals surface area contributed by atoms with Crippen LogP contribution >= 0.6 is 0 Å². The van der Waals surface area contributed by atoms with Crippen molar-refractivity contribution in [3.63, 3.8) is 0 Å². The highest BCUT2D eigenvalue weighted by Gasteiger charge is 2.29. The molecular weight excluding hydrogens is 392 g/mol. The Balaban J connectivity index is 1.82. The summed E-state index contributed by atoms with van der Waals surface area (Å²) in [6.45, 7) is 1.63. The Morgan fingerprint density at radius 1 is 1.10 bits per heavy atom. The maximum absolute atomic E-state index is 13.2. The van der Waals surface area contributed by atoms with Crippen molar-refractivity contribution < 1.29 is 22.7 Å². The van der Waals surface area contributed by atoms with Crippen molar-refractivity contribution in [2.24, 2.45) is 0 Å². The molecule has 1 heterocycles. The fraction of sp³-hybridized carbons (Fsp3) is 0.381.